The SMILES string of the molecule is O=C(NC12CC(C(=O)O)(C1)C2)c1cc(-c2ccccc2F)cc2ccn(Cc3ccc(C(F)(F)F)cc3)c12. The van der Waals surface area contributed by atoms with Crippen LogP contribution in [0.1, 0.15) is 40.7 Å². The minimum atomic E-state index is -4.44. The lowest BCUT2D eigenvalue weighted by molar-refractivity contribution is -0.196. The minimum absolute atomic E-state index is 0.216. The Labute approximate surface area is 214 Å². The van der Waals surface area contributed by atoms with Crippen LogP contribution in [0.2, 0.25) is 0 Å². The molecule has 0 spiro atoms. The number of benzene rings is 3. The number of carbonyl (C=O) groups excluding carboxylic acids is 1. The van der Waals surface area contributed by atoms with E-state index in [1.54, 1.807) is 47.2 Å². The van der Waals surface area contributed by atoms with Crippen LogP contribution in [0.4, 0.5) is 17.6 Å². The van der Waals surface area contributed by atoms with E-state index in [-0.39, 0.29) is 12.1 Å². The molecule has 3 aliphatic rings. The molecular formula is C29H22F4N2O3. The zero-order chi connectivity index (χ0) is 26.9. The molecule has 0 radical (unpaired) electrons. The Hall–Kier alpha value is -4.14. The maximum absolute atomic E-state index is 14.6. The van der Waals surface area contributed by atoms with Crippen LogP contribution in [0.25, 0.3) is 22.0 Å². The van der Waals surface area contributed by atoms with Gasteiger partial charge in [-0.15, -0.1) is 0 Å². The molecule has 9 heteroatoms. The third-order valence-electron chi connectivity index (χ3n) is 7.79. The summed E-state index contributed by atoms with van der Waals surface area (Å²) in [5, 5.41) is 13.1. The molecule has 7 rings (SSSR count). The zero-order valence-corrected chi connectivity index (χ0v) is 20.0. The van der Waals surface area contributed by atoms with Crippen LogP contribution in [-0.4, -0.2) is 27.1 Å². The highest BCUT2D eigenvalue weighted by atomic mass is 19.4. The van der Waals surface area contributed by atoms with Crippen molar-refractivity contribution in [2.75, 3.05) is 0 Å². The Balaban J connectivity index is 1.38. The van der Waals surface area contributed by atoms with Crippen molar-refractivity contribution in [2.24, 2.45) is 5.41 Å². The van der Waals surface area contributed by atoms with Crippen LogP contribution >= 0.6 is 0 Å². The van der Waals surface area contributed by atoms with Crippen molar-refractivity contribution in [3.63, 3.8) is 0 Å². The predicted octanol–water partition coefficient (Wildman–Crippen LogP) is 6.25. The van der Waals surface area contributed by atoms with Crippen LogP contribution < -0.4 is 5.32 Å². The normalized spacial score (nSPS) is 22.0. The van der Waals surface area contributed by atoms with E-state index in [1.807, 2.05) is 0 Å². The molecule has 0 saturated heterocycles. The average Bonchev–Trinajstić information content (AvgIpc) is 3.22. The van der Waals surface area contributed by atoms with E-state index in [4.69, 9.17) is 0 Å². The maximum Gasteiger partial charge on any atom is 0.416 e. The highest BCUT2D eigenvalue weighted by Crippen LogP contribution is 2.67. The third kappa shape index (κ3) is 3.84. The van der Waals surface area contributed by atoms with E-state index >= 15 is 0 Å². The maximum atomic E-state index is 14.6. The first kappa shape index (κ1) is 24.2. The van der Waals surface area contributed by atoms with Gasteiger partial charge in [-0.25, -0.2) is 4.39 Å². The quantitative estimate of drug-likeness (QED) is 0.294. The Morgan fingerprint density at radius 1 is 0.974 bits per heavy atom. The number of carboxylic acids is 1. The van der Waals surface area contributed by atoms with Gasteiger partial charge >= 0.3 is 12.1 Å². The van der Waals surface area contributed by atoms with E-state index in [0.29, 0.717) is 46.9 Å². The first-order valence-corrected chi connectivity index (χ1v) is 12.1. The van der Waals surface area contributed by atoms with E-state index in [0.717, 1.165) is 12.1 Å². The van der Waals surface area contributed by atoms with Crippen molar-refractivity contribution in [1.29, 1.82) is 0 Å². The number of amides is 1. The summed E-state index contributed by atoms with van der Waals surface area (Å²) in [4.78, 5) is 25.1. The molecule has 0 atom stereocenters. The Kier molecular flexibility index (Phi) is 5.21. The van der Waals surface area contributed by atoms with Gasteiger partial charge in [0.05, 0.1) is 22.1 Å². The number of aromatic nitrogens is 1. The molecule has 4 aromatic rings. The fourth-order valence-electron chi connectivity index (χ4n) is 5.96. The van der Waals surface area contributed by atoms with Gasteiger partial charge in [0.2, 0.25) is 0 Å². The van der Waals surface area contributed by atoms with Gasteiger partial charge in [0.15, 0.2) is 0 Å². The van der Waals surface area contributed by atoms with Gasteiger partial charge in [-0.2, -0.15) is 13.2 Å². The molecule has 1 heterocycles. The van der Waals surface area contributed by atoms with Crippen molar-refractivity contribution in [3.05, 3.63) is 95.4 Å². The second kappa shape index (κ2) is 8.18. The van der Waals surface area contributed by atoms with Gasteiger partial charge in [0, 0.05) is 29.2 Å². The Bertz CT molecular complexity index is 1580. The first-order valence-electron chi connectivity index (χ1n) is 12.1. The molecule has 2 N–H and O–H groups in total. The van der Waals surface area contributed by atoms with Crippen LogP contribution in [0.3, 0.4) is 0 Å². The molecule has 38 heavy (non-hydrogen) atoms. The lowest BCUT2D eigenvalue weighted by Crippen LogP contribution is -2.77. The van der Waals surface area contributed by atoms with Crippen LogP contribution in [-0.2, 0) is 17.5 Å². The molecule has 3 aliphatic carbocycles. The predicted molar refractivity (Wildman–Crippen MR) is 132 cm³/mol. The second-order valence-electron chi connectivity index (χ2n) is 10.4. The number of hydrogen-bond donors (Lipinski definition) is 2. The number of nitrogens with one attached hydrogen (secondary N) is 1. The number of fused-ring (bicyclic) bond motifs is 1. The van der Waals surface area contributed by atoms with E-state index < -0.39 is 40.4 Å². The minimum Gasteiger partial charge on any atom is -0.481 e. The summed E-state index contributed by atoms with van der Waals surface area (Å²) in [6.07, 6.45) is -1.60. The summed E-state index contributed by atoms with van der Waals surface area (Å²) in [5.74, 6) is -1.70. The summed E-state index contributed by atoms with van der Waals surface area (Å²) >= 11 is 0. The Morgan fingerprint density at radius 3 is 2.29 bits per heavy atom. The van der Waals surface area contributed by atoms with E-state index in [2.05, 4.69) is 5.32 Å². The molecule has 0 unspecified atom stereocenters. The van der Waals surface area contributed by atoms with Crippen molar-refractivity contribution < 1.29 is 32.3 Å². The number of rotatable bonds is 6. The second-order valence-corrected chi connectivity index (χ2v) is 10.4. The smallest absolute Gasteiger partial charge is 0.416 e. The summed E-state index contributed by atoms with van der Waals surface area (Å²) in [6.45, 7) is 0.216. The number of alkyl halides is 3. The highest BCUT2D eigenvalue weighted by Gasteiger charge is 2.72. The van der Waals surface area contributed by atoms with Gasteiger partial charge < -0.3 is 15.0 Å². The number of carbonyl (C=O) groups is 2. The fraction of sp³-hybridized carbons (Fsp3) is 0.241. The van der Waals surface area contributed by atoms with Crippen molar-refractivity contribution in [3.8, 4) is 11.1 Å². The van der Waals surface area contributed by atoms with Crippen molar-refractivity contribution >= 4 is 22.8 Å². The zero-order valence-electron chi connectivity index (χ0n) is 20.0. The molecule has 3 fully saturated rings. The first-order chi connectivity index (χ1) is 18.0. The number of carboxylic acid groups (broad SMARTS) is 1. The topological polar surface area (TPSA) is 71.3 Å². The van der Waals surface area contributed by atoms with Gasteiger partial charge in [-0.3, -0.25) is 9.59 Å². The van der Waals surface area contributed by atoms with Crippen LogP contribution in [0.15, 0.2) is 72.9 Å². The van der Waals surface area contributed by atoms with E-state index in [9.17, 15) is 32.3 Å². The molecule has 1 aromatic heterocycles. The molecule has 3 aromatic carbocycles. The number of nitrogens with zero attached hydrogens (tertiary/aromatic N) is 1. The average molecular weight is 522 g/mol. The van der Waals surface area contributed by atoms with Crippen LogP contribution in [0, 0.1) is 11.2 Å². The van der Waals surface area contributed by atoms with Crippen molar-refractivity contribution in [2.45, 2.75) is 37.5 Å². The fourth-order valence-corrected chi connectivity index (χ4v) is 5.96. The van der Waals surface area contributed by atoms with E-state index in [1.165, 1.54) is 18.2 Å². The van der Waals surface area contributed by atoms with Crippen LogP contribution in [0.5, 0.6) is 0 Å². The molecule has 0 aliphatic heterocycles. The van der Waals surface area contributed by atoms with Gasteiger partial charge in [-0.1, -0.05) is 30.3 Å². The van der Waals surface area contributed by atoms with Crippen molar-refractivity contribution in [1.82, 2.24) is 9.88 Å². The summed E-state index contributed by atoms with van der Waals surface area (Å²) in [6, 6.07) is 16.2. The van der Waals surface area contributed by atoms with Gasteiger partial charge in [-0.05, 0) is 66.8 Å². The molecule has 1 amide bonds. The standard InChI is InChI=1S/C29H22F4N2O3/c30-23-4-2-1-3-21(23)19-11-18-9-10-35(13-17-5-7-20(8-6-17)29(31,32)33)24(18)22(12-19)25(36)34-28-14-27(15-28,16-28)26(37)38/h1-12H,13-16H2,(H,34,36)(H,37,38). The van der Waals surface area contributed by atoms with Gasteiger partial charge in [0.1, 0.15) is 5.82 Å². The lowest BCUT2D eigenvalue weighted by Gasteiger charge is -2.67. The highest BCUT2D eigenvalue weighted by molar-refractivity contribution is 6.08. The molecule has 5 nitrogen and oxygen atoms in total. The summed E-state index contributed by atoms with van der Waals surface area (Å²) in [7, 11) is 0. The number of hydrogen-bond acceptors (Lipinski definition) is 2. The molecule has 194 valence electrons. The number of halogens is 4. The number of aliphatic carboxylic acids is 1. The monoisotopic (exact) mass is 522 g/mol. The summed E-state index contributed by atoms with van der Waals surface area (Å²) < 4.78 is 55.4. The molecule has 3 saturated carbocycles. The molecular weight excluding hydrogens is 500 g/mol. The summed E-state index contributed by atoms with van der Waals surface area (Å²) in [5.41, 5.74) is 0.214. The Morgan fingerprint density at radius 2 is 1.66 bits per heavy atom. The lowest BCUT2D eigenvalue weighted by atomic mass is 9.39. The largest absolute Gasteiger partial charge is 0.481 e. The molecule has 2 bridgehead atoms. The third-order valence-corrected chi connectivity index (χ3v) is 7.79. The van der Waals surface area contributed by atoms with Gasteiger partial charge in [0.25, 0.3) is 5.91 Å².